The van der Waals surface area contributed by atoms with E-state index in [9.17, 15) is 4.79 Å². The summed E-state index contributed by atoms with van der Waals surface area (Å²) in [4.78, 5) is 16.9. The first-order chi connectivity index (χ1) is 18.2. The summed E-state index contributed by atoms with van der Waals surface area (Å²) in [5, 5.41) is 7.22. The molecule has 0 bridgehead atoms. The lowest BCUT2D eigenvalue weighted by Gasteiger charge is -2.08. The molecule has 5 aromatic rings. The third-order valence-corrected chi connectivity index (χ3v) is 6.61. The summed E-state index contributed by atoms with van der Waals surface area (Å²) < 4.78 is 11.6. The molecule has 0 radical (unpaired) electrons. The molecule has 0 spiro atoms. The van der Waals surface area contributed by atoms with Crippen molar-refractivity contribution >= 4 is 80.9 Å². The molecule has 0 fully saturated rings. The van der Waals surface area contributed by atoms with Gasteiger partial charge in [-0.05, 0) is 79.3 Å². The summed E-state index contributed by atoms with van der Waals surface area (Å²) in [6.07, 6.45) is 2.89. The predicted molar refractivity (Wildman–Crippen MR) is 157 cm³/mol. The minimum atomic E-state index is -0.416. The van der Waals surface area contributed by atoms with Gasteiger partial charge in [0.15, 0.2) is 10.7 Å². The maximum atomic E-state index is 12.4. The number of aryl methyl sites for hydroxylation is 1. The highest BCUT2D eigenvalue weighted by Gasteiger charge is 2.13. The van der Waals surface area contributed by atoms with Crippen LogP contribution in [0.15, 0.2) is 81.6 Å². The lowest BCUT2D eigenvalue weighted by molar-refractivity contribution is -0.115. The van der Waals surface area contributed by atoms with Crippen LogP contribution in [-0.4, -0.2) is 16.0 Å². The standard InChI is InChI=1S/C28H18Cl3N3O3S/c1-15-5-6-16(12-21(15)30)24-9-7-20(36-24)8-10-25(35)34-28(38)32-19-4-2-3-17(11-19)27-33-23-14-18(29)13-22(31)26(23)37-27/h2-14H,1H3,(H2,32,34,35,38)/b10-8+. The minimum Gasteiger partial charge on any atom is -0.457 e. The fourth-order valence-corrected chi connectivity index (χ4v) is 4.55. The van der Waals surface area contributed by atoms with Crippen molar-refractivity contribution in [2.24, 2.45) is 0 Å². The molecular weight excluding hydrogens is 565 g/mol. The quantitative estimate of drug-likeness (QED) is 0.160. The Kier molecular flexibility index (Phi) is 7.53. The van der Waals surface area contributed by atoms with Crippen molar-refractivity contribution in [3.05, 3.63) is 99.2 Å². The zero-order valence-electron chi connectivity index (χ0n) is 19.7. The Morgan fingerprint density at radius 3 is 2.61 bits per heavy atom. The Hall–Kier alpha value is -3.62. The van der Waals surface area contributed by atoms with Crippen LogP contribution in [0.2, 0.25) is 15.1 Å². The molecule has 0 saturated carbocycles. The van der Waals surface area contributed by atoms with E-state index in [1.54, 1.807) is 42.5 Å². The van der Waals surface area contributed by atoms with Gasteiger partial charge in [0.2, 0.25) is 11.8 Å². The van der Waals surface area contributed by atoms with E-state index >= 15 is 0 Å². The van der Waals surface area contributed by atoms with E-state index in [-0.39, 0.29) is 5.11 Å². The number of furan rings is 1. The first kappa shape index (κ1) is 26.0. The van der Waals surface area contributed by atoms with Gasteiger partial charge >= 0.3 is 0 Å². The van der Waals surface area contributed by atoms with Crippen LogP contribution in [0.3, 0.4) is 0 Å². The molecule has 38 heavy (non-hydrogen) atoms. The highest BCUT2D eigenvalue weighted by atomic mass is 35.5. The van der Waals surface area contributed by atoms with E-state index in [1.165, 1.54) is 6.08 Å². The van der Waals surface area contributed by atoms with Gasteiger partial charge in [-0.25, -0.2) is 4.98 Å². The third-order valence-electron chi connectivity index (χ3n) is 5.50. The number of anilines is 1. The number of carbonyl (C=O) groups is 1. The number of nitrogens with one attached hydrogen (secondary N) is 2. The van der Waals surface area contributed by atoms with Crippen LogP contribution >= 0.6 is 47.0 Å². The van der Waals surface area contributed by atoms with Crippen molar-refractivity contribution in [1.29, 1.82) is 0 Å². The SMILES string of the molecule is Cc1ccc(-c2ccc(/C=C/C(=O)NC(=S)Nc3cccc(-c4nc5cc(Cl)cc(Cl)c5o4)c3)o2)cc1Cl. The number of nitrogens with zero attached hydrogens (tertiary/aromatic N) is 1. The summed E-state index contributed by atoms with van der Waals surface area (Å²) >= 11 is 23.8. The number of halogens is 3. The number of benzene rings is 3. The number of hydrogen-bond acceptors (Lipinski definition) is 5. The van der Waals surface area contributed by atoms with E-state index < -0.39 is 5.91 Å². The summed E-state index contributed by atoms with van der Waals surface area (Å²) in [5.41, 5.74) is 4.16. The average molecular weight is 583 g/mol. The Bertz CT molecular complexity index is 1730. The van der Waals surface area contributed by atoms with E-state index in [2.05, 4.69) is 15.6 Å². The molecule has 2 aromatic heterocycles. The van der Waals surface area contributed by atoms with Crippen molar-refractivity contribution < 1.29 is 13.6 Å². The lowest BCUT2D eigenvalue weighted by Crippen LogP contribution is -2.32. The fraction of sp³-hybridized carbons (Fsp3) is 0.0357. The molecule has 190 valence electrons. The normalized spacial score (nSPS) is 11.3. The molecular formula is C28H18Cl3N3O3S. The van der Waals surface area contributed by atoms with Crippen LogP contribution in [0.5, 0.6) is 0 Å². The van der Waals surface area contributed by atoms with Gasteiger partial charge in [0.25, 0.3) is 0 Å². The molecule has 5 rings (SSSR count). The average Bonchev–Trinajstić information content (AvgIpc) is 3.52. The Morgan fingerprint density at radius 1 is 0.947 bits per heavy atom. The van der Waals surface area contributed by atoms with Crippen molar-refractivity contribution in [3.63, 3.8) is 0 Å². The van der Waals surface area contributed by atoms with Crippen LogP contribution in [0.25, 0.3) is 40.0 Å². The van der Waals surface area contributed by atoms with Gasteiger partial charge in [0.1, 0.15) is 17.0 Å². The molecule has 2 N–H and O–H groups in total. The molecule has 0 unspecified atom stereocenters. The van der Waals surface area contributed by atoms with Gasteiger partial charge < -0.3 is 14.2 Å². The molecule has 0 atom stereocenters. The Morgan fingerprint density at radius 2 is 1.79 bits per heavy atom. The topological polar surface area (TPSA) is 80.3 Å². The second-order valence-corrected chi connectivity index (χ2v) is 9.94. The fourth-order valence-electron chi connectivity index (χ4n) is 3.63. The Balaban J connectivity index is 1.21. The lowest BCUT2D eigenvalue weighted by atomic mass is 10.1. The van der Waals surface area contributed by atoms with Crippen molar-refractivity contribution in [2.75, 3.05) is 5.32 Å². The summed E-state index contributed by atoms with van der Waals surface area (Å²) in [5.74, 6) is 1.11. The maximum absolute atomic E-state index is 12.4. The molecule has 6 nitrogen and oxygen atoms in total. The minimum absolute atomic E-state index is 0.124. The van der Waals surface area contributed by atoms with E-state index in [1.807, 2.05) is 37.3 Å². The van der Waals surface area contributed by atoms with Gasteiger partial charge in [-0.3, -0.25) is 10.1 Å². The number of carbonyl (C=O) groups excluding carboxylic acids is 1. The van der Waals surface area contributed by atoms with Gasteiger partial charge in [0, 0.05) is 32.9 Å². The zero-order chi connectivity index (χ0) is 26.8. The van der Waals surface area contributed by atoms with E-state index in [4.69, 9.17) is 55.9 Å². The van der Waals surface area contributed by atoms with Crippen molar-refractivity contribution in [1.82, 2.24) is 10.3 Å². The molecule has 10 heteroatoms. The largest absolute Gasteiger partial charge is 0.457 e. The van der Waals surface area contributed by atoms with Gasteiger partial charge in [-0.1, -0.05) is 53.0 Å². The van der Waals surface area contributed by atoms with Gasteiger partial charge in [0.05, 0.1) is 5.02 Å². The third kappa shape index (κ3) is 5.92. The molecule has 0 aliphatic carbocycles. The highest BCUT2D eigenvalue weighted by molar-refractivity contribution is 7.80. The number of amides is 1. The molecule has 3 aromatic carbocycles. The molecule has 0 saturated heterocycles. The number of rotatable bonds is 5. The smallest absolute Gasteiger partial charge is 0.250 e. The first-order valence-corrected chi connectivity index (χ1v) is 12.8. The van der Waals surface area contributed by atoms with E-state index in [0.717, 1.165) is 11.1 Å². The highest BCUT2D eigenvalue weighted by Crippen LogP contribution is 2.32. The summed E-state index contributed by atoms with van der Waals surface area (Å²) in [6, 6.07) is 19.8. The molecule has 1 amide bonds. The van der Waals surface area contributed by atoms with Gasteiger partial charge in [-0.15, -0.1) is 0 Å². The summed E-state index contributed by atoms with van der Waals surface area (Å²) in [7, 11) is 0. The maximum Gasteiger partial charge on any atom is 0.250 e. The molecule has 0 aliphatic heterocycles. The number of fused-ring (bicyclic) bond motifs is 1. The molecule has 2 heterocycles. The molecule has 0 aliphatic rings. The van der Waals surface area contributed by atoms with Crippen LogP contribution in [-0.2, 0) is 4.79 Å². The second-order valence-electron chi connectivity index (χ2n) is 8.28. The van der Waals surface area contributed by atoms with Crippen LogP contribution in [0, 0.1) is 6.92 Å². The monoisotopic (exact) mass is 581 g/mol. The number of thiocarbonyl (C=S) groups is 1. The predicted octanol–water partition coefficient (Wildman–Crippen LogP) is 8.55. The Labute approximate surface area is 238 Å². The van der Waals surface area contributed by atoms with Crippen LogP contribution in [0.1, 0.15) is 11.3 Å². The first-order valence-electron chi connectivity index (χ1n) is 11.3. The summed E-state index contributed by atoms with van der Waals surface area (Å²) in [6.45, 7) is 1.93. The van der Waals surface area contributed by atoms with Crippen molar-refractivity contribution in [3.8, 4) is 22.8 Å². The van der Waals surface area contributed by atoms with Crippen LogP contribution < -0.4 is 10.6 Å². The van der Waals surface area contributed by atoms with Gasteiger partial charge in [-0.2, -0.15) is 0 Å². The van der Waals surface area contributed by atoms with E-state index in [0.29, 0.717) is 54.8 Å². The second kappa shape index (κ2) is 11.0. The number of oxazole rings is 1. The number of hydrogen-bond donors (Lipinski definition) is 2. The van der Waals surface area contributed by atoms with Crippen LogP contribution in [0.4, 0.5) is 5.69 Å². The van der Waals surface area contributed by atoms with Crippen molar-refractivity contribution in [2.45, 2.75) is 6.92 Å². The number of aromatic nitrogens is 1. The zero-order valence-corrected chi connectivity index (χ0v) is 22.8.